The number of nitrogens with one attached hydrogen (secondary N) is 1. The van der Waals surface area contributed by atoms with Crippen molar-refractivity contribution in [2.75, 3.05) is 19.7 Å². The molecule has 4 nitrogen and oxygen atoms in total. The lowest BCUT2D eigenvalue weighted by molar-refractivity contribution is 0.0513. The summed E-state index contributed by atoms with van der Waals surface area (Å²) in [6.07, 6.45) is 2.14. The van der Waals surface area contributed by atoms with Crippen LogP contribution in [0.15, 0.2) is 18.2 Å². The zero-order valence-corrected chi connectivity index (χ0v) is 13.6. The van der Waals surface area contributed by atoms with Gasteiger partial charge < -0.3 is 14.6 Å². The molecule has 0 spiro atoms. The molecule has 0 aliphatic carbocycles. The predicted molar refractivity (Wildman–Crippen MR) is 88.5 cm³/mol. The summed E-state index contributed by atoms with van der Waals surface area (Å²) < 4.78 is 7.36. The Morgan fingerprint density at radius 3 is 2.77 bits per heavy atom. The Balaban J connectivity index is 2.23. The van der Waals surface area contributed by atoms with E-state index in [2.05, 4.69) is 30.4 Å². The number of piperidine rings is 1. The third-order valence-electron chi connectivity index (χ3n) is 4.67. The molecule has 4 heteroatoms. The molecule has 0 bridgehead atoms. The molecule has 2 heterocycles. The summed E-state index contributed by atoms with van der Waals surface area (Å²) >= 11 is 0. The number of esters is 1. The number of aryl methyl sites for hydroxylation is 2. The van der Waals surface area contributed by atoms with Crippen molar-refractivity contribution in [3.63, 3.8) is 0 Å². The van der Waals surface area contributed by atoms with Crippen LogP contribution in [0.3, 0.4) is 0 Å². The van der Waals surface area contributed by atoms with Crippen LogP contribution >= 0.6 is 0 Å². The van der Waals surface area contributed by atoms with Gasteiger partial charge in [0.2, 0.25) is 0 Å². The van der Waals surface area contributed by atoms with Gasteiger partial charge in [-0.3, -0.25) is 0 Å². The van der Waals surface area contributed by atoms with Crippen LogP contribution in [-0.4, -0.2) is 30.2 Å². The van der Waals surface area contributed by atoms with Gasteiger partial charge in [0.05, 0.1) is 12.1 Å². The lowest BCUT2D eigenvalue weighted by atomic mass is 9.88. The number of hydrogen-bond donors (Lipinski definition) is 1. The van der Waals surface area contributed by atoms with Crippen molar-refractivity contribution in [1.29, 1.82) is 0 Å². The van der Waals surface area contributed by atoms with E-state index in [1.165, 1.54) is 16.5 Å². The molecule has 0 atom stereocenters. The van der Waals surface area contributed by atoms with Crippen molar-refractivity contribution in [3.8, 4) is 0 Å². The molecular formula is C18H24N2O2. The Kier molecular flexibility index (Phi) is 4.21. The quantitative estimate of drug-likeness (QED) is 0.886. The van der Waals surface area contributed by atoms with Crippen molar-refractivity contribution in [2.45, 2.75) is 32.6 Å². The number of fused-ring (bicyclic) bond motifs is 1. The van der Waals surface area contributed by atoms with E-state index in [-0.39, 0.29) is 5.97 Å². The lowest BCUT2D eigenvalue weighted by Gasteiger charge is -2.23. The van der Waals surface area contributed by atoms with Crippen LogP contribution in [-0.2, 0) is 11.8 Å². The van der Waals surface area contributed by atoms with Crippen molar-refractivity contribution in [1.82, 2.24) is 9.88 Å². The van der Waals surface area contributed by atoms with E-state index < -0.39 is 0 Å². The molecule has 1 aromatic heterocycles. The fourth-order valence-corrected chi connectivity index (χ4v) is 3.71. The first-order valence-electron chi connectivity index (χ1n) is 8.10. The Morgan fingerprint density at radius 1 is 1.36 bits per heavy atom. The summed E-state index contributed by atoms with van der Waals surface area (Å²) in [5.74, 6) is 0.222. The molecule has 0 radical (unpaired) electrons. The number of hydrogen-bond acceptors (Lipinski definition) is 3. The van der Waals surface area contributed by atoms with Gasteiger partial charge in [0, 0.05) is 12.4 Å². The van der Waals surface area contributed by atoms with Crippen molar-refractivity contribution >= 4 is 16.9 Å². The zero-order valence-electron chi connectivity index (χ0n) is 13.6. The van der Waals surface area contributed by atoms with Gasteiger partial charge in [-0.05, 0) is 56.8 Å². The molecule has 1 saturated heterocycles. The van der Waals surface area contributed by atoms with Crippen molar-refractivity contribution in [2.24, 2.45) is 7.05 Å². The van der Waals surface area contributed by atoms with Crippen LogP contribution in [0.2, 0.25) is 0 Å². The molecular weight excluding hydrogens is 276 g/mol. The highest BCUT2D eigenvalue weighted by Gasteiger charge is 2.29. The SMILES string of the molecule is CCOC(=O)c1c(C2CCNCC2)c2cccc(C)c2n1C. The fraction of sp³-hybridized carbons (Fsp3) is 0.500. The van der Waals surface area contributed by atoms with E-state index in [0.717, 1.165) is 37.1 Å². The van der Waals surface area contributed by atoms with E-state index in [0.29, 0.717) is 12.5 Å². The minimum atomic E-state index is -0.200. The minimum absolute atomic E-state index is 0.200. The normalized spacial score (nSPS) is 16.1. The molecule has 1 fully saturated rings. The highest BCUT2D eigenvalue weighted by Crippen LogP contribution is 2.37. The Bertz CT molecular complexity index is 697. The molecule has 3 rings (SSSR count). The van der Waals surface area contributed by atoms with Crippen LogP contribution < -0.4 is 5.32 Å². The molecule has 1 aliphatic heterocycles. The topological polar surface area (TPSA) is 43.3 Å². The largest absolute Gasteiger partial charge is 0.461 e. The maximum atomic E-state index is 12.6. The van der Waals surface area contributed by atoms with E-state index >= 15 is 0 Å². The van der Waals surface area contributed by atoms with E-state index in [1.54, 1.807) is 0 Å². The molecule has 1 N–H and O–H groups in total. The van der Waals surface area contributed by atoms with Crippen LogP contribution in [0.25, 0.3) is 10.9 Å². The number of nitrogens with zero attached hydrogens (tertiary/aromatic N) is 1. The third kappa shape index (κ3) is 2.41. The fourth-order valence-electron chi connectivity index (χ4n) is 3.71. The van der Waals surface area contributed by atoms with Gasteiger partial charge in [0.25, 0.3) is 0 Å². The van der Waals surface area contributed by atoms with Crippen LogP contribution in [0.5, 0.6) is 0 Å². The smallest absolute Gasteiger partial charge is 0.355 e. The number of rotatable bonds is 3. The summed E-state index contributed by atoms with van der Waals surface area (Å²) in [5, 5.41) is 4.61. The standard InChI is InChI=1S/C18H24N2O2/c1-4-22-18(21)17-15(13-8-10-19-11-9-13)14-7-5-6-12(2)16(14)20(17)3/h5-7,13,19H,4,8-11H2,1-3H3. The number of carbonyl (C=O) groups excluding carboxylic acids is 1. The van der Waals surface area contributed by atoms with Crippen LogP contribution in [0.4, 0.5) is 0 Å². The first-order valence-corrected chi connectivity index (χ1v) is 8.10. The molecule has 1 aliphatic rings. The van der Waals surface area contributed by atoms with Crippen molar-refractivity contribution < 1.29 is 9.53 Å². The average molecular weight is 300 g/mol. The predicted octanol–water partition coefficient (Wildman–Crippen LogP) is 3.13. The Hall–Kier alpha value is -1.81. The lowest BCUT2D eigenvalue weighted by Crippen LogP contribution is -2.27. The summed E-state index contributed by atoms with van der Waals surface area (Å²) in [4.78, 5) is 12.6. The highest BCUT2D eigenvalue weighted by molar-refractivity contribution is 6.00. The van der Waals surface area contributed by atoms with Gasteiger partial charge in [-0.1, -0.05) is 18.2 Å². The molecule has 118 valence electrons. The van der Waals surface area contributed by atoms with Crippen molar-refractivity contribution in [3.05, 3.63) is 35.0 Å². The van der Waals surface area contributed by atoms with Gasteiger partial charge in [-0.2, -0.15) is 0 Å². The first-order chi connectivity index (χ1) is 10.6. The van der Waals surface area contributed by atoms with Crippen LogP contribution in [0, 0.1) is 6.92 Å². The van der Waals surface area contributed by atoms with Gasteiger partial charge in [0.1, 0.15) is 5.69 Å². The maximum Gasteiger partial charge on any atom is 0.355 e. The number of aromatic nitrogens is 1. The summed E-state index contributed by atoms with van der Waals surface area (Å²) in [6, 6.07) is 6.32. The maximum absolute atomic E-state index is 12.6. The number of para-hydroxylation sites is 1. The average Bonchev–Trinajstić information content (AvgIpc) is 2.82. The third-order valence-corrected chi connectivity index (χ3v) is 4.67. The molecule has 1 aromatic carbocycles. The molecule has 0 unspecified atom stereocenters. The number of carbonyl (C=O) groups is 1. The molecule has 0 saturated carbocycles. The molecule has 2 aromatic rings. The van der Waals surface area contributed by atoms with Gasteiger partial charge >= 0.3 is 5.97 Å². The second-order valence-electron chi connectivity index (χ2n) is 6.04. The van der Waals surface area contributed by atoms with E-state index in [1.807, 2.05) is 18.5 Å². The number of benzene rings is 1. The van der Waals surface area contributed by atoms with Gasteiger partial charge in [-0.15, -0.1) is 0 Å². The molecule has 0 amide bonds. The Morgan fingerprint density at radius 2 is 2.09 bits per heavy atom. The summed E-state index contributed by atoms with van der Waals surface area (Å²) in [7, 11) is 1.98. The second kappa shape index (κ2) is 6.13. The highest BCUT2D eigenvalue weighted by atomic mass is 16.5. The van der Waals surface area contributed by atoms with Gasteiger partial charge in [0.15, 0.2) is 0 Å². The summed E-state index contributed by atoms with van der Waals surface area (Å²) in [6.45, 7) is 6.38. The van der Waals surface area contributed by atoms with Gasteiger partial charge in [-0.25, -0.2) is 4.79 Å². The Labute approximate surface area is 131 Å². The second-order valence-corrected chi connectivity index (χ2v) is 6.04. The molecule has 22 heavy (non-hydrogen) atoms. The minimum Gasteiger partial charge on any atom is -0.461 e. The van der Waals surface area contributed by atoms with E-state index in [9.17, 15) is 4.79 Å². The monoisotopic (exact) mass is 300 g/mol. The van der Waals surface area contributed by atoms with Crippen LogP contribution in [0.1, 0.15) is 47.3 Å². The van der Waals surface area contributed by atoms with E-state index in [4.69, 9.17) is 4.74 Å². The zero-order chi connectivity index (χ0) is 15.7. The number of ether oxygens (including phenoxy) is 1. The summed E-state index contributed by atoms with van der Waals surface area (Å²) in [5.41, 5.74) is 4.27. The first kappa shape index (κ1) is 15.1.